The van der Waals surface area contributed by atoms with Gasteiger partial charge in [0, 0.05) is 17.8 Å². The van der Waals surface area contributed by atoms with Crippen LogP contribution in [0.5, 0.6) is 0 Å². The summed E-state index contributed by atoms with van der Waals surface area (Å²) in [7, 11) is -3.71. The van der Waals surface area contributed by atoms with Crippen LogP contribution >= 0.6 is 0 Å². The van der Waals surface area contributed by atoms with E-state index in [0.717, 1.165) is 4.31 Å². The fourth-order valence-electron chi connectivity index (χ4n) is 1.53. The standard InChI is InChI=1S/C10H18N2O3S/c1-7(2)12-9(13)8(10(3,4)5)6-11-16(12,14)15/h6-7,11H,1-5H3. The molecule has 0 saturated heterocycles. The van der Waals surface area contributed by atoms with Crippen molar-refractivity contribution in [2.75, 3.05) is 0 Å². The molecule has 6 heteroatoms. The first kappa shape index (κ1) is 13.0. The van der Waals surface area contributed by atoms with E-state index in [-0.39, 0.29) is 5.41 Å². The number of amides is 1. The summed E-state index contributed by atoms with van der Waals surface area (Å²) in [6.45, 7) is 8.95. The number of carbonyl (C=O) groups is 1. The molecule has 0 fully saturated rings. The summed E-state index contributed by atoms with van der Waals surface area (Å²) in [5.74, 6) is -0.443. The summed E-state index contributed by atoms with van der Waals surface area (Å²) in [6.07, 6.45) is 1.29. The maximum Gasteiger partial charge on any atom is 0.326 e. The van der Waals surface area contributed by atoms with E-state index in [9.17, 15) is 13.2 Å². The SMILES string of the molecule is CC(C)N1C(=O)C(C(C)(C)C)=CNS1(=O)=O. The van der Waals surface area contributed by atoms with Crippen LogP contribution in [-0.2, 0) is 15.0 Å². The van der Waals surface area contributed by atoms with Gasteiger partial charge in [-0.2, -0.15) is 8.42 Å². The third kappa shape index (κ3) is 2.21. The molecular weight excluding hydrogens is 228 g/mol. The zero-order valence-electron chi connectivity index (χ0n) is 10.2. The molecule has 0 bridgehead atoms. The predicted molar refractivity (Wildman–Crippen MR) is 61.6 cm³/mol. The van der Waals surface area contributed by atoms with Crippen molar-refractivity contribution in [2.24, 2.45) is 5.41 Å². The summed E-state index contributed by atoms with van der Waals surface area (Å²) in [5, 5.41) is 0. The minimum absolute atomic E-state index is 0.382. The van der Waals surface area contributed by atoms with Gasteiger partial charge in [0.25, 0.3) is 5.91 Å². The minimum Gasteiger partial charge on any atom is -0.273 e. The molecule has 1 N–H and O–H groups in total. The zero-order chi connectivity index (χ0) is 12.7. The normalized spacial score (nSPS) is 20.8. The van der Waals surface area contributed by atoms with Gasteiger partial charge in [0.15, 0.2) is 0 Å². The van der Waals surface area contributed by atoms with Gasteiger partial charge in [-0.3, -0.25) is 9.52 Å². The molecule has 0 aliphatic carbocycles. The Kier molecular flexibility index (Phi) is 3.06. The fourth-order valence-corrected chi connectivity index (χ4v) is 2.78. The summed E-state index contributed by atoms with van der Waals surface area (Å²) in [6, 6.07) is -0.393. The first-order chi connectivity index (χ1) is 7.07. The molecule has 0 radical (unpaired) electrons. The van der Waals surface area contributed by atoms with Gasteiger partial charge in [-0.25, -0.2) is 4.31 Å². The van der Waals surface area contributed by atoms with Gasteiger partial charge in [-0.15, -0.1) is 0 Å². The Balaban J connectivity index is 3.26. The molecule has 0 saturated carbocycles. The van der Waals surface area contributed by atoms with E-state index >= 15 is 0 Å². The van der Waals surface area contributed by atoms with Gasteiger partial charge < -0.3 is 0 Å². The Hall–Kier alpha value is -1.04. The Morgan fingerprint density at radius 1 is 1.31 bits per heavy atom. The van der Waals surface area contributed by atoms with Crippen molar-refractivity contribution in [2.45, 2.75) is 40.7 Å². The van der Waals surface area contributed by atoms with Gasteiger partial charge >= 0.3 is 10.2 Å². The molecule has 1 aliphatic heterocycles. The van der Waals surface area contributed by atoms with Crippen molar-refractivity contribution in [1.82, 2.24) is 9.03 Å². The van der Waals surface area contributed by atoms with Crippen molar-refractivity contribution in [3.8, 4) is 0 Å². The third-order valence-corrected chi connectivity index (χ3v) is 3.84. The molecule has 0 aromatic carbocycles. The molecule has 0 aromatic heterocycles. The summed E-state index contributed by atoms with van der Waals surface area (Å²) >= 11 is 0. The van der Waals surface area contributed by atoms with Crippen LogP contribution in [0.15, 0.2) is 11.8 Å². The van der Waals surface area contributed by atoms with Gasteiger partial charge in [0.05, 0.1) is 0 Å². The number of carbonyl (C=O) groups excluding carboxylic acids is 1. The molecule has 1 amide bonds. The molecule has 0 atom stereocenters. The quantitative estimate of drug-likeness (QED) is 0.750. The van der Waals surface area contributed by atoms with Crippen LogP contribution in [0.1, 0.15) is 34.6 Å². The number of hydrogen-bond donors (Lipinski definition) is 1. The molecule has 1 aliphatic rings. The van der Waals surface area contributed by atoms with Crippen molar-refractivity contribution in [3.63, 3.8) is 0 Å². The minimum atomic E-state index is -3.71. The first-order valence-corrected chi connectivity index (χ1v) is 6.58. The number of rotatable bonds is 1. The van der Waals surface area contributed by atoms with Crippen LogP contribution < -0.4 is 4.72 Å². The van der Waals surface area contributed by atoms with Crippen LogP contribution in [0.3, 0.4) is 0 Å². The molecule has 1 rings (SSSR count). The summed E-state index contributed by atoms with van der Waals surface area (Å²) in [5.41, 5.74) is 0.0868. The maximum absolute atomic E-state index is 12.1. The number of hydrogen-bond acceptors (Lipinski definition) is 3. The zero-order valence-corrected chi connectivity index (χ0v) is 11.1. The van der Waals surface area contributed by atoms with Crippen molar-refractivity contribution in [3.05, 3.63) is 11.8 Å². The van der Waals surface area contributed by atoms with Gasteiger partial charge in [0.1, 0.15) is 0 Å². The average molecular weight is 246 g/mol. The van der Waals surface area contributed by atoms with E-state index in [1.54, 1.807) is 13.8 Å². The largest absolute Gasteiger partial charge is 0.326 e. The Labute approximate surface area is 96.7 Å². The van der Waals surface area contributed by atoms with Crippen LogP contribution in [0, 0.1) is 5.41 Å². The lowest BCUT2D eigenvalue weighted by Gasteiger charge is -2.34. The lowest BCUT2D eigenvalue weighted by atomic mass is 9.86. The number of nitrogens with one attached hydrogen (secondary N) is 1. The molecule has 16 heavy (non-hydrogen) atoms. The van der Waals surface area contributed by atoms with E-state index in [2.05, 4.69) is 4.72 Å². The van der Waals surface area contributed by atoms with E-state index < -0.39 is 22.2 Å². The molecule has 0 aromatic rings. The Morgan fingerprint density at radius 3 is 2.19 bits per heavy atom. The highest BCUT2D eigenvalue weighted by atomic mass is 32.2. The Bertz CT molecular complexity index is 429. The Morgan fingerprint density at radius 2 is 1.81 bits per heavy atom. The second kappa shape index (κ2) is 3.76. The van der Waals surface area contributed by atoms with Gasteiger partial charge in [-0.1, -0.05) is 20.8 Å². The lowest BCUT2D eigenvalue weighted by molar-refractivity contribution is -0.124. The molecular formula is C10H18N2O3S. The van der Waals surface area contributed by atoms with Crippen molar-refractivity contribution in [1.29, 1.82) is 0 Å². The molecule has 0 spiro atoms. The molecule has 5 nitrogen and oxygen atoms in total. The highest BCUT2D eigenvalue weighted by Crippen LogP contribution is 2.30. The van der Waals surface area contributed by atoms with E-state index in [1.165, 1.54) is 6.20 Å². The van der Waals surface area contributed by atoms with E-state index in [0.29, 0.717) is 5.57 Å². The van der Waals surface area contributed by atoms with Crippen molar-refractivity contribution < 1.29 is 13.2 Å². The second-order valence-corrected chi connectivity index (χ2v) is 6.70. The highest BCUT2D eigenvalue weighted by molar-refractivity contribution is 7.87. The maximum atomic E-state index is 12.1. The number of nitrogens with zero attached hydrogens (tertiary/aromatic N) is 1. The van der Waals surface area contributed by atoms with Crippen LogP contribution in [0.4, 0.5) is 0 Å². The van der Waals surface area contributed by atoms with E-state index in [4.69, 9.17) is 0 Å². The third-order valence-electron chi connectivity index (χ3n) is 2.32. The first-order valence-electron chi connectivity index (χ1n) is 5.14. The monoisotopic (exact) mass is 246 g/mol. The fraction of sp³-hybridized carbons (Fsp3) is 0.700. The smallest absolute Gasteiger partial charge is 0.273 e. The summed E-state index contributed by atoms with van der Waals surface area (Å²) in [4.78, 5) is 12.1. The van der Waals surface area contributed by atoms with Crippen molar-refractivity contribution >= 4 is 16.1 Å². The lowest BCUT2D eigenvalue weighted by Crippen LogP contribution is -2.52. The van der Waals surface area contributed by atoms with Gasteiger partial charge in [0.2, 0.25) is 0 Å². The van der Waals surface area contributed by atoms with Gasteiger partial charge in [-0.05, 0) is 19.3 Å². The van der Waals surface area contributed by atoms with Crippen LogP contribution in [-0.4, -0.2) is 24.7 Å². The topological polar surface area (TPSA) is 66.5 Å². The van der Waals surface area contributed by atoms with Crippen LogP contribution in [0.25, 0.3) is 0 Å². The highest BCUT2D eigenvalue weighted by Gasteiger charge is 2.39. The second-order valence-electron chi connectivity index (χ2n) is 5.13. The molecule has 0 unspecified atom stereocenters. The molecule has 92 valence electrons. The average Bonchev–Trinajstić information content (AvgIpc) is 1.97. The van der Waals surface area contributed by atoms with E-state index in [1.807, 2.05) is 20.8 Å². The predicted octanol–water partition coefficient (Wildman–Crippen LogP) is 1.00. The summed E-state index contributed by atoms with van der Waals surface area (Å²) < 4.78 is 26.5. The molecule has 1 heterocycles. The van der Waals surface area contributed by atoms with Crippen LogP contribution in [0.2, 0.25) is 0 Å².